The molecular formula is C26H27N3O5. The number of nitrogens with one attached hydrogen (secondary N) is 2. The minimum absolute atomic E-state index is 0.111. The Morgan fingerprint density at radius 2 is 1.85 bits per heavy atom. The fourth-order valence-electron chi connectivity index (χ4n) is 3.76. The summed E-state index contributed by atoms with van der Waals surface area (Å²) in [5.41, 5.74) is 2.60. The van der Waals surface area contributed by atoms with Crippen molar-refractivity contribution in [3.05, 3.63) is 78.3 Å². The van der Waals surface area contributed by atoms with Crippen LogP contribution in [0.5, 0.6) is 5.75 Å². The maximum absolute atomic E-state index is 12.5. The molecule has 1 saturated heterocycles. The zero-order chi connectivity index (χ0) is 23.9. The van der Waals surface area contributed by atoms with Crippen LogP contribution >= 0.6 is 0 Å². The highest BCUT2D eigenvalue weighted by molar-refractivity contribution is 6.00. The highest BCUT2D eigenvalue weighted by Gasteiger charge is 2.35. The highest BCUT2D eigenvalue weighted by atomic mass is 16.5. The number of aryl methyl sites for hydroxylation is 1. The van der Waals surface area contributed by atoms with Gasteiger partial charge >= 0.3 is 0 Å². The van der Waals surface area contributed by atoms with Crippen molar-refractivity contribution < 1.29 is 23.5 Å². The van der Waals surface area contributed by atoms with E-state index < -0.39 is 5.92 Å². The minimum Gasteiger partial charge on any atom is -0.484 e. The van der Waals surface area contributed by atoms with Gasteiger partial charge in [-0.3, -0.25) is 14.4 Å². The Labute approximate surface area is 197 Å². The van der Waals surface area contributed by atoms with Gasteiger partial charge in [0.2, 0.25) is 11.8 Å². The number of carbonyl (C=O) groups is 3. The first-order valence-corrected chi connectivity index (χ1v) is 11.2. The summed E-state index contributed by atoms with van der Waals surface area (Å²) >= 11 is 0. The topological polar surface area (TPSA) is 101 Å². The first kappa shape index (κ1) is 23.1. The monoisotopic (exact) mass is 461 g/mol. The Morgan fingerprint density at radius 3 is 2.53 bits per heavy atom. The molecule has 0 spiro atoms. The predicted octanol–water partition coefficient (Wildman–Crippen LogP) is 3.53. The van der Waals surface area contributed by atoms with Gasteiger partial charge in [-0.2, -0.15) is 0 Å². The van der Waals surface area contributed by atoms with Gasteiger partial charge in [-0.05, 0) is 60.5 Å². The van der Waals surface area contributed by atoms with E-state index in [1.165, 1.54) is 5.56 Å². The molecule has 4 rings (SSSR count). The molecule has 2 aromatic carbocycles. The van der Waals surface area contributed by atoms with Crippen LogP contribution in [-0.4, -0.2) is 30.9 Å². The lowest BCUT2D eigenvalue weighted by molar-refractivity contribution is -0.126. The third kappa shape index (κ3) is 5.83. The molecule has 1 fully saturated rings. The Morgan fingerprint density at radius 1 is 1.09 bits per heavy atom. The van der Waals surface area contributed by atoms with Crippen molar-refractivity contribution in [3.8, 4) is 5.75 Å². The molecule has 1 aromatic heterocycles. The SMILES string of the molecule is CCc1ccc(NC(=O)COc2ccc(N3C[C@H](C(=O)NCc4ccco4)CC3=O)cc2)cc1. The molecule has 8 nitrogen and oxygen atoms in total. The van der Waals surface area contributed by atoms with Crippen LogP contribution in [0.15, 0.2) is 71.3 Å². The van der Waals surface area contributed by atoms with Crippen molar-refractivity contribution in [1.29, 1.82) is 0 Å². The molecule has 8 heteroatoms. The molecule has 1 aliphatic rings. The number of hydrogen-bond acceptors (Lipinski definition) is 5. The predicted molar refractivity (Wildman–Crippen MR) is 127 cm³/mol. The summed E-state index contributed by atoms with van der Waals surface area (Å²) < 4.78 is 10.8. The van der Waals surface area contributed by atoms with Gasteiger partial charge in [0.05, 0.1) is 18.7 Å². The lowest BCUT2D eigenvalue weighted by Gasteiger charge is -2.17. The second kappa shape index (κ2) is 10.7. The molecule has 0 unspecified atom stereocenters. The van der Waals surface area contributed by atoms with Crippen LogP contribution < -0.4 is 20.3 Å². The van der Waals surface area contributed by atoms with Crippen LogP contribution in [0.2, 0.25) is 0 Å². The normalized spacial score (nSPS) is 15.3. The molecule has 0 radical (unpaired) electrons. The van der Waals surface area contributed by atoms with E-state index in [2.05, 4.69) is 17.6 Å². The number of ether oxygens (including phenoxy) is 1. The summed E-state index contributed by atoms with van der Waals surface area (Å²) in [7, 11) is 0. The molecular weight excluding hydrogens is 434 g/mol. The third-order valence-electron chi connectivity index (χ3n) is 5.68. The zero-order valence-corrected chi connectivity index (χ0v) is 19.0. The van der Waals surface area contributed by atoms with Gasteiger partial charge in [0.1, 0.15) is 11.5 Å². The molecule has 1 aliphatic heterocycles. The Balaban J connectivity index is 1.25. The minimum atomic E-state index is -0.423. The van der Waals surface area contributed by atoms with Crippen LogP contribution in [-0.2, 0) is 27.3 Å². The summed E-state index contributed by atoms with van der Waals surface area (Å²) in [6.07, 6.45) is 2.64. The van der Waals surface area contributed by atoms with Gasteiger partial charge in [0, 0.05) is 24.3 Å². The van der Waals surface area contributed by atoms with E-state index in [4.69, 9.17) is 9.15 Å². The van der Waals surface area contributed by atoms with Crippen molar-refractivity contribution in [2.75, 3.05) is 23.4 Å². The molecule has 3 aromatic rings. The van der Waals surface area contributed by atoms with E-state index in [1.807, 2.05) is 24.3 Å². The molecule has 0 saturated carbocycles. The van der Waals surface area contributed by atoms with Gasteiger partial charge in [0.25, 0.3) is 5.91 Å². The van der Waals surface area contributed by atoms with Gasteiger partial charge in [0.15, 0.2) is 6.61 Å². The second-order valence-electron chi connectivity index (χ2n) is 8.08. The summed E-state index contributed by atoms with van der Waals surface area (Å²) in [6, 6.07) is 18.1. The molecule has 0 aliphatic carbocycles. The quantitative estimate of drug-likeness (QED) is 0.508. The van der Waals surface area contributed by atoms with E-state index in [1.54, 1.807) is 47.6 Å². The fraction of sp³-hybridized carbons (Fsp3) is 0.269. The van der Waals surface area contributed by atoms with Gasteiger partial charge in [-0.1, -0.05) is 19.1 Å². The lowest BCUT2D eigenvalue weighted by Crippen LogP contribution is -2.32. The van der Waals surface area contributed by atoms with Crippen molar-refractivity contribution in [3.63, 3.8) is 0 Å². The van der Waals surface area contributed by atoms with Crippen LogP contribution in [0.1, 0.15) is 24.7 Å². The van der Waals surface area contributed by atoms with Crippen molar-refractivity contribution in [2.45, 2.75) is 26.3 Å². The number of amides is 3. The third-order valence-corrected chi connectivity index (χ3v) is 5.68. The van der Waals surface area contributed by atoms with E-state index in [9.17, 15) is 14.4 Å². The standard InChI is InChI=1S/C26H27N3O5/c1-2-18-5-7-20(8-6-18)28-24(30)17-34-22-11-9-21(10-12-22)29-16-19(14-25(29)31)26(32)27-15-23-4-3-13-33-23/h3-13,19H,2,14-17H2,1H3,(H,27,32)(H,28,30)/t19-/m1/s1. The summed E-state index contributed by atoms with van der Waals surface area (Å²) in [5.74, 6) is 0.204. The van der Waals surface area contributed by atoms with Crippen LogP contribution in [0, 0.1) is 5.92 Å². The second-order valence-corrected chi connectivity index (χ2v) is 8.08. The van der Waals surface area contributed by atoms with E-state index in [0.29, 0.717) is 30.3 Å². The van der Waals surface area contributed by atoms with Gasteiger partial charge in [-0.15, -0.1) is 0 Å². The molecule has 1 atom stereocenters. The first-order chi connectivity index (χ1) is 16.5. The number of benzene rings is 2. The Hall–Kier alpha value is -4.07. The molecule has 2 N–H and O–H groups in total. The Bertz CT molecular complexity index is 1120. The molecule has 2 heterocycles. The number of anilines is 2. The maximum atomic E-state index is 12.5. The van der Waals surface area contributed by atoms with Crippen LogP contribution in [0.3, 0.4) is 0 Å². The number of rotatable bonds is 9. The smallest absolute Gasteiger partial charge is 0.262 e. The summed E-state index contributed by atoms with van der Waals surface area (Å²) in [4.78, 5) is 38.7. The van der Waals surface area contributed by atoms with Crippen LogP contribution in [0.25, 0.3) is 0 Å². The van der Waals surface area contributed by atoms with E-state index in [-0.39, 0.29) is 30.7 Å². The highest BCUT2D eigenvalue weighted by Crippen LogP contribution is 2.27. The maximum Gasteiger partial charge on any atom is 0.262 e. The lowest BCUT2D eigenvalue weighted by atomic mass is 10.1. The fourth-order valence-corrected chi connectivity index (χ4v) is 3.76. The average Bonchev–Trinajstić information content (AvgIpc) is 3.52. The van der Waals surface area contributed by atoms with Crippen molar-refractivity contribution in [2.24, 2.45) is 5.92 Å². The van der Waals surface area contributed by atoms with Crippen LogP contribution in [0.4, 0.5) is 11.4 Å². The molecule has 176 valence electrons. The largest absolute Gasteiger partial charge is 0.484 e. The summed E-state index contributed by atoms with van der Waals surface area (Å²) in [5, 5.41) is 5.61. The average molecular weight is 462 g/mol. The molecule has 3 amide bonds. The van der Waals surface area contributed by atoms with Gasteiger partial charge < -0.3 is 24.7 Å². The number of hydrogen-bond donors (Lipinski definition) is 2. The number of carbonyl (C=O) groups excluding carboxylic acids is 3. The van der Waals surface area contributed by atoms with Crippen molar-refractivity contribution in [1.82, 2.24) is 5.32 Å². The zero-order valence-electron chi connectivity index (χ0n) is 19.0. The van der Waals surface area contributed by atoms with Gasteiger partial charge in [-0.25, -0.2) is 0 Å². The van der Waals surface area contributed by atoms with E-state index in [0.717, 1.165) is 12.1 Å². The van der Waals surface area contributed by atoms with E-state index >= 15 is 0 Å². The molecule has 34 heavy (non-hydrogen) atoms. The Kier molecular flexibility index (Phi) is 7.27. The number of furan rings is 1. The first-order valence-electron chi connectivity index (χ1n) is 11.2. The molecule has 0 bridgehead atoms. The van der Waals surface area contributed by atoms with Crippen molar-refractivity contribution >= 4 is 29.1 Å². The summed E-state index contributed by atoms with van der Waals surface area (Å²) in [6.45, 7) is 2.55. The number of nitrogens with zero attached hydrogens (tertiary/aromatic N) is 1.